The minimum atomic E-state index is -0.471. The molecule has 0 radical (unpaired) electrons. The maximum atomic E-state index is 5.38. The predicted octanol–water partition coefficient (Wildman–Crippen LogP) is 13.9. The molecule has 2 heterocycles. The van der Waals surface area contributed by atoms with Crippen molar-refractivity contribution in [1.29, 1.82) is 0 Å². The van der Waals surface area contributed by atoms with Crippen molar-refractivity contribution in [2.45, 2.75) is 5.41 Å². The van der Waals surface area contributed by atoms with Crippen molar-refractivity contribution in [1.82, 2.24) is 24.5 Å². The molecule has 0 N–H and O–H groups in total. The summed E-state index contributed by atoms with van der Waals surface area (Å²) in [5.41, 5.74) is 18.6. The monoisotopic (exact) mass is 815 g/mol. The van der Waals surface area contributed by atoms with Gasteiger partial charge < -0.3 is 0 Å². The van der Waals surface area contributed by atoms with Crippen molar-refractivity contribution in [3.63, 3.8) is 0 Å². The van der Waals surface area contributed by atoms with Gasteiger partial charge in [0.1, 0.15) is 5.82 Å². The van der Waals surface area contributed by atoms with Gasteiger partial charge in [-0.2, -0.15) is 0 Å². The molecule has 0 unspecified atom stereocenters. The Kier molecular flexibility index (Phi) is 8.06. The lowest BCUT2D eigenvalue weighted by atomic mass is 9.70. The normalized spacial score (nSPS) is 12.8. The van der Waals surface area contributed by atoms with Crippen molar-refractivity contribution >= 4 is 11.0 Å². The number of hydrogen-bond donors (Lipinski definition) is 0. The maximum absolute atomic E-state index is 5.38. The predicted molar refractivity (Wildman–Crippen MR) is 258 cm³/mol. The second-order valence-corrected chi connectivity index (χ2v) is 16.5. The second kappa shape index (κ2) is 14.3. The third kappa shape index (κ3) is 5.37. The molecule has 0 fully saturated rings. The lowest BCUT2D eigenvalue weighted by Crippen LogP contribution is -2.25. The molecule has 13 rings (SSSR count). The highest BCUT2D eigenvalue weighted by Gasteiger charge is 2.52. The van der Waals surface area contributed by atoms with Gasteiger partial charge in [-0.05, 0) is 86.0 Å². The Labute approximate surface area is 370 Å². The van der Waals surface area contributed by atoms with Gasteiger partial charge in [0.15, 0.2) is 17.5 Å². The van der Waals surface area contributed by atoms with Crippen LogP contribution in [0.1, 0.15) is 22.3 Å². The van der Waals surface area contributed by atoms with Crippen LogP contribution in [0.5, 0.6) is 0 Å². The van der Waals surface area contributed by atoms with Crippen molar-refractivity contribution in [3.05, 3.63) is 247 Å². The molecule has 5 nitrogen and oxygen atoms in total. The lowest BCUT2D eigenvalue weighted by Gasteiger charge is -2.30. The number of rotatable bonds is 6. The second-order valence-electron chi connectivity index (χ2n) is 16.5. The van der Waals surface area contributed by atoms with Gasteiger partial charge in [0, 0.05) is 27.9 Å². The zero-order valence-electron chi connectivity index (χ0n) is 34.6. The summed E-state index contributed by atoms with van der Waals surface area (Å²) in [5.74, 6) is 2.78. The molecule has 2 aromatic heterocycles. The fourth-order valence-electron chi connectivity index (χ4n) is 10.4. The van der Waals surface area contributed by atoms with Crippen LogP contribution in [0.2, 0.25) is 0 Å². The Balaban J connectivity index is 0.979. The molecule has 64 heavy (non-hydrogen) atoms. The van der Waals surface area contributed by atoms with E-state index < -0.39 is 5.41 Å². The molecule has 0 bridgehead atoms. The van der Waals surface area contributed by atoms with Crippen molar-refractivity contribution < 1.29 is 0 Å². The highest BCUT2D eigenvalue weighted by atomic mass is 15.1. The van der Waals surface area contributed by atoms with Gasteiger partial charge >= 0.3 is 0 Å². The largest absolute Gasteiger partial charge is 0.292 e. The van der Waals surface area contributed by atoms with Crippen LogP contribution < -0.4 is 0 Å². The number of hydrogen-bond acceptors (Lipinski definition) is 4. The Morgan fingerprint density at radius 2 is 0.797 bits per heavy atom. The minimum Gasteiger partial charge on any atom is -0.292 e. The van der Waals surface area contributed by atoms with E-state index in [1.165, 1.54) is 38.9 Å². The van der Waals surface area contributed by atoms with E-state index in [4.69, 9.17) is 19.9 Å². The van der Waals surface area contributed by atoms with Gasteiger partial charge in [-0.3, -0.25) is 4.57 Å². The molecule has 11 aromatic rings. The van der Waals surface area contributed by atoms with E-state index in [9.17, 15) is 0 Å². The lowest BCUT2D eigenvalue weighted by molar-refractivity contribution is 0.794. The van der Waals surface area contributed by atoms with Crippen molar-refractivity contribution in [3.8, 4) is 84.6 Å². The summed E-state index contributed by atoms with van der Waals surface area (Å²) >= 11 is 0. The quantitative estimate of drug-likeness (QED) is 0.168. The maximum Gasteiger partial charge on any atom is 0.164 e. The summed E-state index contributed by atoms with van der Waals surface area (Å²) in [6.45, 7) is 0. The van der Waals surface area contributed by atoms with Crippen LogP contribution in [-0.2, 0) is 5.41 Å². The van der Waals surface area contributed by atoms with Crippen LogP contribution in [-0.4, -0.2) is 24.5 Å². The first-order valence-electron chi connectivity index (χ1n) is 21.7. The molecule has 0 saturated heterocycles. The Bertz CT molecular complexity index is 3570. The first-order chi connectivity index (χ1) is 31.7. The molecular weight excluding hydrogens is 779 g/mol. The van der Waals surface area contributed by atoms with Crippen LogP contribution in [0.25, 0.3) is 95.7 Å². The Morgan fingerprint density at radius 3 is 1.50 bits per heavy atom. The van der Waals surface area contributed by atoms with E-state index >= 15 is 0 Å². The third-order valence-corrected chi connectivity index (χ3v) is 13.1. The Hall–Kier alpha value is -8.54. The highest BCUT2D eigenvalue weighted by molar-refractivity contribution is 5.99. The van der Waals surface area contributed by atoms with E-state index in [-0.39, 0.29) is 0 Å². The summed E-state index contributed by atoms with van der Waals surface area (Å²) in [6.07, 6.45) is 0. The van der Waals surface area contributed by atoms with E-state index in [0.29, 0.717) is 17.5 Å². The number of nitrogens with zero attached hydrogens (tertiary/aromatic N) is 5. The van der Waals surface area contributed by atoms with Gasteiger partial charge in [0.25, 0.3) is 0 Å². The first kappa shape index (κ1) is 36.1. The van der Waals surface area contributed by atoms with Crippen LogP contribution in [0.3, 0.4) is 0 Å². The molecule has 9 aromatic carbocycles. The van der Waals surface area contributed by atoms with E-state index in [1.807, 2.05) is 30.3 Å². The topological polar surface area (TPSA) is 56.5 Å². The highest BCUT2D eigenvalue weighted by Crippen LogP contribution is 2.63. The molecule has 0 amide bonds. The summed E-state index contributed by atoms with van der Waals surface area (Å²) in [6, 6.07) is 79.5. The molecule has 2 aliphatic carbocycles. The van der Waals surface area contributed by atoms with Crippen LogP contribution >= 0.6 is 0 Å². The molecule has 298 valence electrons. The molecule has 5 heteroatoms. The van der Waals surface area contributed by atoms with Gasteiger partial charge in [-0.1, -0.05) is 194 Å². The number of aromatic nitrogens is 5. The fourth-order valence-corrected chi connectivity index (χ4v) is 10.4. The molecule has 0 atom stereocenters. The fraction of sp³-hybridized carbons (Fsp3) is 0.0169. The third-order valence-electron chi connectivity index (χ3n) is 13.1. The van der Waals surface area contributed by atoms with E-state index in [2.05, 4.69) is 199 Å². The number of benzene rings is 9. The molecular formula is C59H37N5. The summed E-state index contributed by atoms with van der Waals surface area (Å²) in [5, 5.41) is 0. The number of fused-ring (bicyclic) bond motifs is 11. The molecule has 2 aliphatic rings. The number of imidazole rings is 1. The van der Waals surface area contributed by atoms with Crippen molar-refractivity contribution in [2.75, 3.05) is 0 Å². The van der Waals surface area contributed by atoms with Gasteiger partial charge in [-0.25, -0.2) is 19.9 Å². The SMILES string of the molecule is c1ccc(-c2nc(-c3cccc(-c4ccc5c(c4)nc(-c4ccccc4)n5-c4ccccc4)c3)nc(-c3cccc4c3-c3ccccc3C43c4ccccc4-c4ccccc43)n2)cc1. The minimum absolute atomic E-state index is 0.471. The zero-order chi connectivity index (χ0) is 42.2. The summed E-state index contributed by atoms with van der Waals surface area (Å²) in [4.78, 5) is 21.1. The van der Waals surface area contributed by atoms with Gasteiger partial charge in [0.05, 0.1) is 16.4 Å². The van der Waals surface area contributed by atoms with Gasteiger partial charge in [-0.15, -0.1) is 0 Å². The Morgan fingerprint density at radius 1 is 0.312 bits per heavy atom. The van der Waals surface area contributed by atoms with Gasteiger partial charge in [0.2, 0.25) is 0 Å². The number of para-hydroxylation sites is 1. The molecule has 0 aliphatic heterocycles. The summed E-state index contributed by atoms with van der Waals surface area (Å²) in [7, 11) is 0. The van der Waals surface area contributed by atoms with Crippen molar-refractivity contribution in [2.24, 2.45) is 0 Å². The standard InChI is InChI=1S/C59H37N5/c1-4-18-38(19-5-1)55-61-56(42-23-16-22-40(36-42)41-34-35-53-52(37-41)60-58(39-20-6-2-7-21-39)64(53)43-24-8-3-9-25-43)63-57(62-55)47-29-17-33-51-54(47)46-28-12-15-32-50(46)59(51)48-30-13-10-26-44(48)45-27-11-14-31-49(45)59/h1-37H. The van der Waals surface area contributed by atoms with Crippen LogP contribution in [0, 0.1) is 0 Å². The van der Waals surface area contributed by atoms with E-state index in [0.717, 1.165) is 61.5 Å². The average molecular weight is 816 g/mol. The van der Waals surface area contributed by atoms with Crippen LogP contribution in [0.4, 0.5) is 0 Å². The van der Waals surface area contributed by atoms with E-state index in [1.54, 1.807) is 0 Å². The average Bonchev–Trinajstić information content (AvgIpc) is 4.01. The molecule has 1 spiro atoms. The van der Waals surface area contributed by atoms with Crippen LogP contribution in [0.15, 0.2) is 224 Å². The smallest absolute Gasteiger partial charge is 0.164 e. The zero-order valence-corrected chi connectivity index (χ0v) is 34.6. The molecule has 0 saturated carbocycles. The summed E-state index contributed by atoms with van der Waals surface area (Å²) < 4.78 is 2.24. The first-order valence-corrected chi connectivity index (χ1v) is 21.7.